The summed E-state index contributed by atoms with van der Waals surface area (Å²) in [5, 5.41) is 12.3. The molecule has 0 aliphatic carbocycles. The van der Waals surface area contributed by atoms with E-state index in [1.165, 1.54) is 60.0 Å². The van der Waals surface area contributed by atoms with Crippen LogP contribution in [0.3, 0.4) is 0 Å². The molecule has 0 amide bonds. The maximum Gasteiger partial charge on any atom is 0.143 e. The predicted molar refractivity (Wildman–Crippen MR) is 220 cm³/mol. The molecule has 0 saturated carbocycles. The molecule has 0 unspecified atom stereocenters. The topological polar surface area (TPSA) is 16.4 Å². The van der Waals surface area contributed by atoms with Crippen molar-refractivity contribution in [2.75, 3.05) is 4.90 Å². The Balaban J connectivity index is 1.11. The van der Waals surface area contributed by atoms with Gasteiger partial charge in [-0.25, -0.2) is 0 Å². The van der Waals surface area contributed by atoms with E-state index in [-0.39, 0.29) is 0 Å². The molecular weight excluding hydrogens is 631 g/mol. The smallest absolute Gasteiger partial charge is 0.143 e. The van der Waals surface area contributed by atoms with Crippen LogP contribution in [0.5, 0.6) is 0 Å². The van der Waals surface area contributed by atoms with Gasteiger partial charge in [0.15, 0.2) is 0 Å². The summed E-state index contributed by atoms with van der Waals surface area (Å²) in [4.78, 5) is 2.33. The van der Waals surface area contributed by atoms with E-state index < -0.39 is 0 Å². The molecule has 0 bridgehead atoms. The number of anilines is 3. The number of benzene rings is 10. The van der Waals surface area contributed by atoms with Crippen LogP contribution in [0.1, 0.15) is 0 Å². The molecular formula is C50H31NO. The fourth-order valence-electron chi connectivity index (χ4n) is 8.45. The number of furan rings is 1. The Kier molecular flexibility index (Phi) is 6.28. The van der Waals surface area contributed by atoms with Crippen molar-refractivity contribution in [1.82, 2.24) is 0 Å². The van der Waals surface area contributed by atoms with E-state index in [2.05, 4.69) is 193 Å². The molecule has 0 atom stereocenters. The Labute approximate surface area is 300 Å². The fraction of sp³-hybridized carbons (Fsp3) is 0. The largest absolute Gasteiger partial charge is 0.455 e. The van der Waals surface area contributed by atoms with Crippen LogP contribution in [-0.4, -0.2) is 0 Å². The molecule has 1 heterocycles. The lowest BCUT2D eigenvalue weighted by atomic mass is 9.89. The van der Waals surface area contributed by atoms with Crippen LogP contribution < -0.4 is 4.90 Å². The summed E-state index contributed by atoms with van der Waals surface area (Å²) < 4.78 is 6.76. The molecule has 0 aliphatic rings. The first kappa shape index (κ1) is 28.9. The molecule has 0 saturated heterocycles. The minimum absolute atomic E-state index is 0.871. The van der Waals surface area contributed by atoms with Gasteiger partial charge in [0.25, 0.3) is 0 Å². The first-order valence-corrected chi connectivity index (χ1v) is 17.8. The first-order chi connectivity index (χ1) is 25.8. The molecule has 0 N–H and O–H groups in total. The summed E-state index contributed by atoms with van der Waals surface area (Å²) in [6.45, 7) is 0. The van der Waals surface area contributed by atoms with Crippen LogP contribution in [0, 0.1) is 0 Å². The molecule has 1 aromatic heterocycles. The SMILES string of the molecule is c1ccc(N(c2ccccc2)c2cccc3oc4c5ccccc5c(-c5ccc(-c6ccc7ccc8cccc9ccc6c7c89)cc5)cc4c23)cc1. The first-order valence-electron chi connectivity index (χ1n) is 17.8. The van der Waals surface area contributed by atoms with E-state index in [1.807, 2.05) is 0 Å². The summed E-state index contributed by atoms with van der Waals surface area (Å²) in [6.07, 6.45) is 0. The number of rotatable bonds is 5. The highest BCUT2D eigenvalue weighted by molar-refractivity contribution is 6.26. The molecule has 242 valence electrons. The van der Waals surface area contributed by atoms with E-state index >= 15 is 0 Å². The Bertz CT molecular complexity index is 3050. The zero-order valence-corrected chi connectivity index (χ0v) is 28.3. The predicted octanol–water partition coefficient (Wildman–Crippen LogP) is 14.4. The highest BCUT2D eigenvalue weighted by Crippen LogP contribution is 2.46. The molecule has 10 aromatic carbocycles. The Morgan fingerprint density at radius 3 is 1.63 bits per heavy atom. The number of hydrogen-bond donors (Lipinski definition) is 0. The second kappa shape index (κ2) is 11.3. The van der Waals surface area contributed by atoms with Crippen molar-refractivity contribution >= 4 is 82.1 Å². The number of hydrogen-bond acceptors (Lipinski definition) is 2. The van der Waals surface area contributed by atoms with Crippen molar-refractivity contribution in [3.63, 3.8) is 0 Å². The molecule has 2 nitrogen and oxygen atoms in total. The van der Waals surface area contributed by atoms with Crippen molar-refractivity contribution in [2.45, 2.75) is 0 Å². The monoisotopic (exact) mass is 661 g/mol. The normalized spacial score (nSPS) is 11.8. The fourth-order valence-corrected chi connectivity index (χ4v) is 8.45. The molecule has 52 heavy (non-hydrogen) atoms. The van der Waals surface area contributed by atoms with Gasteiger partial charge >= 0.3 is 0 Å². The maximum absolute atomic E-state index is 6.76. The molecule has 0 radical (unpaired) electrons. The van der Waals surface area contributed by atoms with Crippen molar-refractivity contribution < 1.29 is 4.42 Å². The zero-order valence-electron chi connectivity index (χ0n) is 28.3. The molecule has 0 spiro atoms. The van der Waals surface area contributed by atoms with Crippen molar-refractivity contribution in [3.05, 3.63) is 188 Å². The third-order valence-corrected chi connectivity index (χ3v) is 10.8. The summed E-state index contributed by atoms with van der Waals surface area (Å²) in [7, 11) is 0. The van der Waals surface area contributed by atoms with Crippen molar-refractivity contribution in [1.29, 1.82) is 0 Å². The number of nitrogens with zero attached hydrogens (tertiary/aromatic N) is 1. The lowest BCUT2D eigenvalue weighted by Crippen LogP contribution is -2.09. The summed E-state index contributed by atoms with van der Waals surface area (Å²) in [5.41, 5.74) is 9.89. The minimum atomic E-state index is 0.871. The Morgan fingerprint density at radius 2 is 0.923 bits per heavy atom. The standard InChI is InChI=1S/C50H31NO/c1-3-13-37(14-4-1)51(38-15-5-2-6-16-38)45-19-10-20-46-49(45)44-31-43(40-17-7-8-18-42(40)50(44)52-46)33-23-21-32(22-24-33)39-29-27-36-26-25-34-11-9-12-35-28-30-41(39)48(36)47(34)35/h1-31H. The highest BCUT2D eigenvalue weighted by atomic mass is 16.3. The van der Waals surface area contributed by atoms with Gasteiger partial charge in [0.2, 0.25) is 0 Å². The second-order valence-corrected chi connectivity index (χ2v) is 13.7. The average Bonchev–Trinajstić information content (AvgIpc) is 3.60. The van der Waals surface area contributed by atoms with Gasteiger partial charge in [0.05, 0.1) is 11.1 Å². The van der Waals surface area contributed by atoms with E-state index in [9.17, 15) is 0 Å². The highest BCUT2D eigenvalue weighted by Gasteiger charge is 2.22. The van der Waals surface area contributed by atoms with Crippen molar-refractivity contribution in [2.24, 2.45) is 0 Å². The quantitative estimate of drug-likeness (QED) is 0.171. The molecule has 11 rings (SSSR count). The lowest BCUT2D eigenvalue weighted by molar-refractivity contribution is 0.672. The third kappa shape index (κ3) is 4.31. The van der Waals surface area contributed by atoms with Gasteiger partial charge in [-0.2, -0.15) is 0 Å². The number of fused-ring (bicyclic) bond motifs is 5. The number of para-hydroxylation sites is 2. The van der Waals surface area contributed by atoms with Gasteiger partial charge in [0.1, 0.15) is 11.2 Å². The molecule has 2 heteroatoms. The van der Waals surface area contributed by atoms with Crippen LogP contribution in [-0.2, 0) is 0 Å². The van der Waals surface area contributed by atoms with Crippen molar-refractivity contribution in [3.8, 4) is 22.3 Å². The molecule has 0 fully saturated rings. The maximum atomic E-state index is 6.76. The molecule has 11 aromatic rings. The Morgan fingerprint density at radius 1 is 0.346 bits per heavy atom. The van der Waals surface area contributed by atoms with Gasteiger partial charge in [0, 0.05) is 22.1 Å². The van der Waals surface area contributed by atoms with Gasteiger partial charge in [-0.3, -0.25) is 0 Å². The van der Waals surface area contributed by atoms with Gasteiger partial charge in [-0.1, -0.05) is 146 Å². The average molecular weight is 662 g/mol. The minimum Gasteiger partial charge on any atom is -0.455 e. The Hall–Kier alpha value is -6.90. The summed E-state index contributed by atoms with van der Waals surface area (Å²) >= 11 is 0. The third-order valence-electron chi connectivity index (χ3n) is 10.8. The van der Waals surface area contributed by atoms with E-state index in [4.69, 9.17) is 4.42 Å². The molecule has 0 aliphatic heterocycles. The summed E-state index contributed by atoms with van der Waals surface area (Å²) in [6, 6.07) is 67.9. The van der Waals surface area contributed by atoms with Crippen LogP contribution >= 0.6 is 0 Å². The van der Waals surface area contributed by atoms with Crippen LogP contribution in [0.25, 0.3) is 87.3 Å². The zero-order chi connectivity index (χ0) is 34.2. The van der Waals surface area contributed by atoms with E-state index in [1.54, 1.807) is 0 Å². The van der Waals surface area contributed by atoms with Gasteiger partial charge in [-0.05, 0) is 102 Å². The van der Waals surface area contributed by atoms with Crippen LogP contribution in [0.2, 0.25) is 0 Å². The van der Waals surface area contributed by atoms with E-state index in [0.29, 0.717) is 0 Å². The second-order valence-electron chi connectivity index (χ2n) is 13.7. The van der Waals surface area contributed by atoms with Crippen LogP contribution in [0.15, 0.2) is 192 Å². The van der Waals surface area contributed by atoms with Crippen LogP contribution in [0.4, 0.5) is 17.1 Å². The van der Waals surface area contributed by atoms with E-state index in [0.717, 1.165) is 44.4 Å². The summed E-state index contributed by atoms with van der Waals surface area (Å²) in [5.74, 6) is 0. The van der Waals surface area contributed by atoms with Gasteiger partial charge < -0.3 is 9.32 Å². The van der Waals surface area contributed by atoms with Gasteiger partial charge in [-0.15, -0.1) is 0 Å². The lowest BCUT2D eigenvalue weighted by Gasteiger charge is -2.26.